The summed E-state index contributed by atoms with van der Waals surface area (Å²) in [6.07, 6.45) is 4.16. The molecule has 1 aromatic carbocycles. The molecule has 0 aliphatic heterocycles. The quantitative estimate of drug-likeness (QED) is 0.585. The Morgan fingerprint density at radius 3 is 2.50 bits per heavy atom. The number of benzene rings is 1. The van der Waals surface area contributed by atoms with E-state index in [2.05, 4.69) is 22.4 Å². The van der Waals surface area contributed by atoms with E-state index in [1.165, 1.54) is 21.7 Å². The van der Waals surface area contributed by atoms with E-state index in [-0.39, 0.29) is 10.5 Å². The molecule has 2 rings (SSSR count). The Morgan fingerprint density at radius 2 is 1.86 bits per heavy atom. The van der Waals surface area contributed by atoms with Gasteiger partial charge in [-0.15, -0.1) is 10.2 Å². The van der Waals surface area contributed by atoms with Crippen molar-refractivity contribution >= 4 is 32.4 Å². The van der Waals surface area contributed by atoms with Crippen molar-refractivity contribution in [1.29, 1.82) is 0 Å². The van der Waals surface area contributed by atoms with Gasteiger partial charge in [0.25, 0.3) is 5.91 Å². The summed E-state index contributed by atoms with van der Waals surface area (Å²) in [5.41, 5.74) is 0.886. The summed E-state index contributed by atoms with van der Waals surface area (Å²) in [5.74, 6) is -0.396. The molecule has 0 radical (unpaired) electrons. The molecule has 1 aromatic heterocycles. The summed E-state index contributed by atoms with van der Waals surface area (Å²) >= 11 is 1.35. The zero-order valence-electron chi connectivity index (χ0n) is 16.9. The summed E-state index contributed by atoms with van der Waals surface area (Å²) in [5, 5.41) is 12.1. The third kappa shape index (κ3) is 5.36. The van der Waals surface area contributed by atoms with Crippen molar-refractivity contribution in [2.45, 2.75) is 58.3 Å². The van der Waals surface area contributed by atoms with Gasteiger partial charge in [-0.25, -0.2) is 8.42 Å². The number of carbonyl (C=O) groups is 1. The molecular formula is C19H28N4O3S2. The van der Waals surface area contributed by atoms with Gasteiger partial charge in [0.1, 0.15) is 5.01 Å². The van der Waals surface area contributed by atoms with Crippen LogP contribution in [0.4, 0.5) is 5.13 Å². The molecule has 0 unspecified atom stereocenters. The van der Waals surface area contributed by atoms with E-state index in [0.717, 1.165) is 30.7 Å². The van der Waals surface area contributed by atoms with Crippen LogP contribution in [0.15, 0.2) is 23.1 Å². The molecule has 1 heterocycles. The molecule has 2 aromatic rings. The van der Waals surface area contributed by atoms with Gasteiger partial charge in [-0.1, -0.05) is 51.0 Å². The summed E-state index contributed by atoms with van der Waals surface area (Å²) in [7, 11) is -3.64. The smallest absolute Gasteiger partial charge is 0.257 e. The van der Waals surface area contributed by atoms with Crippen molar-refractivity contribution in [3.63, 3.8) is 0 Å². The van der Waals surface area contributed by atoms with Crippen LogP contribution in [0, 0.1) is 6.92 Å². The Hall–Kier alpha value is -1.84. The van der Waals surface area contributed by atoms with E-state index in [0.29, 0.717) is 23.8 Å². The van der Waals surface area contributed by atoms with E-state index < -0.39 is 15.9 Å². The normalized spacial score (nSPS) is 11.8. The maximum atomic E-state index is 12.9. The van der Waals surface area contributed by atoms with Gasteiger partial charge in [0.15, 0.2) is 0 Å². The number of rotatable bonds is 10. The van der Waals surface area contributed by atoms with E-state index in [4.69, 9.17) is 0 Å². The molecule has 0 bridgehead atoms. The number of amides is 1. The highest BCUT2D eigenvalue weighted by molar-refractivity contribution is 7.89. The van der Waals surface area contributed by atoms with Crippen molar-refractivity contribution in [2.24, 2.45) is 0 Å². The lowest BCUT2D eigenvalue weighted by Crippen LogP contribution is -2.31. The fourth-order valence-electron chi connectivity index (χ4n) is 2.82. The number of nitrogens with one attached hydrogen (secondary N) is 1. The first-order chi connectivity index (χ1) is 13.3. The second-order valence-electron chi connectivity index (χ2n) is 6.48. The first-order valence-electron chi connectivity index (χ1n) is 9.57. The van der Waals surface area contributed by atoms with Crippen LogP contribution in [0.5, 0.6) is 0 Å². The molecule has 0 saturated heterocycles. The summed E-state index contributed by atoms with van der Waals surface area (Å²) < 4.78 is 27.1. The maximum absolute atomic E-state index is 12.9. The van der Waals surface area contributed by atoms with Gasteiger partial charge in [0.2, 0.25) is 15.2 Å². The molecule has 0 saturated carbocycles. The fourth-order valence-corrected chi connectivity index (χ4v) is 5.31. The number of aromatic nitrogens is 2. The first-order valence-corrected chi connectivity index (χ1v) is 11.8. The SMILES string of the molecule is CCCCCc1nnc(NC(=O)c2ccc(C)c(S(=O)(=O)N(CC)CC)c2)s1. The van der Waals surface area contributed by atoms with Gasteiger partial charge in [0, 0.05) is 25.1 Å². The predicted octanol–water partition coefficient (Wildman–Crippen LogP) is 3.86. The van der Waals surface area contributed by atoms with Crippen molar-refractivity contribution in [2.75, 3.05) is 18.4 Å². The van der Waals surface area contributed by atoms with Crippen LogP contribution in [-0.2, 0) is 16.4 Å². The van der Waals surface area contributed by atoms with Crippen molar-refractivity contribution in [3.05, 3.63) is 34.3 Å². The number of hydrogen-bond donors (Lipinski definition) is 1. The Balaban J connectivity index is 2.19. The lowest BCUT2D eigenvalue weighted by Gasteiger charge is -2.20. The molecule has 28 heavy (non-hydrogen) atoms. The van der Waals surface area contributed by atoms with Crippen LogP contribution in [0.2, 0.25) is 0 Å². The van der Waals surface area contributed by atoms with E-state index in [1.807, 2.05) is 0 Å². The van der Waals surface area contributed by atoms with E-state index in [9.17, 15) is 13.2 Å². The second kappa shape index (κ2) is 10.1. The highest BCUT2D eigenvalue weighted by atomic mass is 32.2. The molecule has 0 aliphatic rings. The average molecular weight is 425 g/mol. The second-order valence-corrected chi connectivity index (χ2v) is 9.45. The van der Waals surface area contributed by atoms with Gasteiger partial charge in [-0.2, -0.15) is 4.31 Å². The molecule has 1 amide bonds. The van der Waals surface area contributed by atoms with Gasteiger partial charge >= 0.3 is 0 Å². The Morgan fingerprint density at radius 1 is 1.14 bits per heavy atom. The molecule has 0 aliphatic carbocycles. The number of anilines is 1. The first kappa shape index (κ1) is 22.4. The van der Waals surface area contributed by atoms with Crippen LogP contribution in [0.3, 0.4) is 0 Å². The zero-order valence-corrected chi connectivity index (χ0v) is 18.5. The third-order valence-corrected chi connectivity index (χ3v) is 7.55. The molecule has 154 valence electrons. The van der Waals surface area contributed by atoms with Gasteiger partial charge in [-0.3, -0.25) is 10.1 Å². The minimum atomic E-state index is -3.64. The summed E-state index contributed by atoms with van der Waals surface area (Å²) in [6.45, 7) is 8.20. The number of carbonyl (C=O) groups excluding carboxylic acids is 1. The Bertz CT molecular complexity index is 906. The highest BCUT2D eigenvalue weighted by Crippen LogP contribution is 2.23. The van der Waals surface area contributed by atoms with E-state index in [1.54, 1.807) is 32.9 Å². The average Bonchev–Trinajstić information content (AvgIpc) is 3.10. The van der Waals surface area contributed by atoms with Crippen LogP contribution in [0.1, 0.15) is 61.0 Å². The lowest BCUT2D eigenvalue weighted by molar-refractivity contribution is 0.102. The molecule has 0 fully saturated rings. The van der Waals surface area contributed by atoms with Crippen LogP contribution < -0.4 is 5.32 Å². The number of unbranched alkanes of at least 4 members (excludes halogenated alkanes) is 2. The van der Waals surface area contributed by atoms with Crippen LogP contribution in [0.25, 0.3) is 0 Å². The summed E-state index contributed by atoms with van der Waals surface area (Å²) in [6, 6.07) is 4.71. The third-order valence-electron chi connectivity index (χ3n) is 4.46. The number of sulfonamides is 1. The number of nitrogens with zero attached hydrogens (tertiary/aromatic N) is 3. The van der Waals surface area contributed by atoms with Crippen molar-refractivity contribution in [3.8, 4) is 0 Å². The molecule has 0 atom stereocenters. The summed E-state index contributed by atoms with van der Waals surface area (Å²) in [4.78, 5) is 12.8. The van der Waals surface area contributed by atoms with Gasteiger partial charge in [-0.05, 0) is 31.0 Å². The number of hydrogen-bond acceptors (Lipinski definition) is 6. The van der Waals surface area contributed by atoms with Gasteiger partial charge in [0.05, 0.1) is 4.90 Å². The van der Waals surface area contributed by atoms with Crippen LogP contribution >= 0.6 is 11.3 Å². The monoisotopic (exact) mass is 424 g/mol. The zero-order chi connectivity index (χ0) is 20.7. The van der Waals surface area contributed by atoms with Gasteiger partial charge < -0.3 is 0 Å². The van der Waals surface area contributed by atoms with E-state index >= 15 is 0 Å². The molecule has 7 nitrogen and oxygen atoms in total. The molecule has 9 heteroatoms. The fraction of sp³-hybridized carbons (Fsp3) is 0.526. The largest absolute Gasteiger partial charge is 0.296 e. The molecular weight excluding hydrogens is 396 g/mol. The predicted molar refractivity (Wildman–Crippen MR) is 112 cm³/mol. The molecule has 0 spiro atoms. The minimum absolute atomic E-state index is 0.154. The standard InChI is InChI=1S/C19H28N4O3S2/c1-5-8-9-10-17-21-22-19(27-17)20-18(24)15-12-11-14(4)16(13-15)28(25,26)23(6-2)7-3/h11-13H,5-10H2,1-4H3,(H,20,22,24). The Kier molecular flexibility index (Phi) is 8.09. The minimum Gasteiger partial charge on any atom is -0.296 e. The van der Waals surface area contributed by atoms with Crippen LogP contribution in [-0.4, -0.2) is 41.9 Å². The number of aryl methyl sites for hydroxylation is 2. The highest BCUT2D eigenvalue weighted by Gasteiger charge is 2.25. The van der Waals surface area contributed by atoms with Crippen molar-refractivity contribution < 1.29 is 13.2 Å². The lowest BCUT2D eigenvalue weighted by atomic mass is 10.1. The maximum Gasteiger partial charge on any atom is 0.257 e. The van der Waals surface area contributed by atoms with Crippen molar-refractivity contribution in [1.82, 2.24) is 14.5 Å². The Labute approximate surface area is 171 Å². The topological polar surface area (TPSA) is 92.3 Å². The molecule has 1 N–H and O–H groups in total.